The van der Waals surface area contributed by atoms with E-state index in [1.54, 1.807) is 0 Å². The average Bonchev–Trinajstić information content (AvgIpc) is 3.48. The summed E-state index contributed by atoms with van der Waals surface area (Å²) in [4.78, 5) is 9.28. The molecule has 0 amide bonds. The Labute approximate surface area is 290 Å². The van der Waals surface area contributed by atoms with Gasteiger partial charge in [0.2, 0.25) is 0 Å². The second-order valence-electron chi connectivity index (χ2n) is 12.1. The van der Waals surface area contributed by atoms with Crippen LogP contribution in [0.1, 0.15) is 0 Å². The summed E-state index contributed by atoms with van der Waals surface area (Å²) in [5.74, 6) is 7.14. The Kier molecular flexibility index (Phi) is 9.63. The molecule has 0 spiro atoms. The summed E-state index contributed by atoms with van der Waals surface area (Å²) < 4.78 is 4.00. The maximum Gasteiger partial charge on any atom is 0.0318 e. The van der Waals surface area contributed by atoms with E-state index in [1.807, 2.05) is 60.1 Å². The number of hydrogen-bond donors (Lipinski definition) is 0. The first-order valence-corrected chi connectivity index (χ1v) is 23.3. The molecule has 3 aromatic heterocycles. The molecule has 227 valence electrons. The Bertz CT molecular complexity index is 2240. The van der Waals surface area contributed by atoms with Crippen LogP contribution in [0.15, 0.2) is 140 Å². The van der Waals surface area contributed by atoms with Crippen molar-refractivity contribution in [2.24, 2.45) is 0 Å². The normalized spacial score (nSPS) is 11.2. The molecule has 0 N–H and O–H groups in total. The monoisotopic (exact) mass is 851 g/mol. The molecule has 0 atom stereocenters. The Morgan fingerprint density at radius 2 is 1.33 bits per heavy atom. The van der Waals surface area contributed by atoms with Crippen molar-refractivity contribution in [2.75, 3.05) is 0 Å². The molecule has 0 saturated carbocycles. The van der Waals surface area contributed by atoms with Crippen LogP contribution in [-0.4, -0.2) is 23.2 Å². The van der Waals surface area contributed by atoms with Crippen molar-refractivity contribution in [1.29, 1.82) is 0 Å². The van der Waals surface area contributed by atoms with Crippen LogP contribution in [0.25, 0.3) is 64.6 Å². The van der Waals surface area contributed by atoms with E-state index in [0.29, 0.717) is 0 Å². The summed E-state index contributed by atoms with van der Waals surface area (Å²) >= 11 is 0.123. The largest absolute Gasteiger partial charge is 0.304 e. The average molecular weight is 850 g/mol. The van der Waals surface area contributed by atoms with Crippen molar-refractivity contribution < 1.29 is 20.1 Å². The standard InChI is InChI=1S/C27H16NS.C14H16GeN.Ir/c1-2-8-18(9-3-1)21-12-6-13-22-23-14-7-15-24(27(23)29-26(21)22)25-16-19-10-4-5-11-20(19)17-28-25;1-15(2,3)13-9-10-14(16-11-13)12-7-5-4-6-8-12;/h1-14,16-17H;4-7,9-11H,1-3H3;/q2*-1;. The summed E-state index contributed by atoms with van der Waals surface area (Å²) in [6.45, 7) is 0. The van der Waals surface area contributed by atoms with Gasteiger partial charge in [-0.1, -0.05) is 84.2 Å². The molecule has 8 rings (SSSR count). The fraction of sp³-hybridized carbons (Fsp3) is 0.0732. The van der Waals surface area contributed by atoms with E-state index in [2.05, 4.69) is 125 Å². The van der Waals surface area contributed by atoms with Gasteiger partial charge in [0, 0.05) is 31.0 Å². The second-order valence-corrected chi connectivity index (χ2v) is 23.8. The van der Waals surface area contributed by atoms with E-state index in [0.717, 1.165) is 27.9 Å². The molecule has 0 saturated heterocycles. The molecule has 8 aromatic rings. The predicted octanol–water partition coefficient (Wildman–Crippen LogP) is 10.8. The summed E-state index contributed by atoms with van der Waals surface area (Å²) in [7, 11) is 0. The van der Waals surface area contributed by atoms with E-state index in [-0.39, 0.29) is 20.1 Å². The fourth-order valence-corrected chi connectivity index (χ4v) is 9.08. The van der Waals surface area contributed by atoms with Crippen LogP contribution in [0.4, 0.5) is 0 Å². The third-order valence-corrected chi connectivity index (χ3v) is 13.6. The van der Waals surface area contributed by atoms with E-state index >= 15 is 0 Å². The van der Waals surface area contributed by atoms with Gasteiger partial charge in [0.1, 0.15) is 0 Å². The molecular formula is C41H32GeIrN2S-2. The first kappa shape index (κ1) is 32.0. The maximum absolute atomic E-state index is 4.75. The van der Waals surface area contributed by atoms with Crippen molar-refractivity contribution in [1.82, 2.24) is 9.97 Å². The molecule has 46 heavy (non-hydrogen) atoms. The molecule has 1 radical (unpaired) electrons. The summed E-state index contributed by atoms with van der Waals surface area (Å²) in [6.07, 6.45) is 4.00. The smallest absolute Gasteiger partial charge is 0.0318 e. The van der Waals surface area contributed by atoms with Crippen LogP contribution in [0.2, 0.25) is 17.3 Å². The summed E-state index contributed by atoms with van der Waals surface area (Å²) in [5, 5.41) is 4.93. The minimum atomic E-state index is -1.72. The minimum absolute atomic E-state index is 0. The van der Waals surface area contributed by atoms with Crippen LogP contribution in [0.3, 0.4) is 0 Å². The van der Waals surface area contributed by atoms with Gasteiger partial charge in [-0.2, -0.15) is 11.3 Å². The predicted molar refractivity (Wildman–Crippen MR) is 196 cm³/mol. The van der Waals surface area contributed by atoms with E-state index in [9.17, 15) is 0 Å². The van der Waals surface area contributed by atoms with E-state index < -0.39 is 13.3 Å². The van der Waals surface area contributed by atoms with Crippen molar-refractivity contribution in [3.05, 3.63) is 152 Å². The fourth-order valence-electron chi connectivity index (χ4n) is 5.57. The number of fused-ring (bicyclic) bond motifs is 4. The Balaban J connectivity index is 0.000000187. The quantitative estimate of drug-likeness (QED) is 0.130. The SMILES string of the molecule is [CH3][Ge]([CH3])([CH3])[c]1ccc(-c2[c-]cccc2)nc1.[Ir].[c-]1ccc2c(sc3c(-c4ccccc4)cccc32)c1-c1cc2ccccc2cn1. The van der Waals surface area contributed by atoms with Crippen LogP contribution in [-0.2, 0) is 20.1 Å². The van der Waals surface area contributed by atoms with Gasteiger partial charge in [-0.15, -0.1) is 23.8 Å². The molecule has 2 nitrogen and oxygen atoms in total. The van der Waals surface area contributed by atoms with Gasteiger partial charge in [0.05, 0.1) is 0 Å². The summed E-state index contributed by atoms with van der Waals surface area (Å²) in [6, 6.07) is 50.9. The van der Waals surface area contributed by atoms with Gasteiger partial charge >= 0.3 is 99.8 Å². The molecule has 5 heteroatoms. The number of hydrogen-bond acceptors (Lipinski definition) is 3. The van der Waals surface area contributed by atoms with Crippen LogP contribution < -0.4 is 4.40 Å². The molecule has 0 aliphatic heterocycles. The Hall–Kier alpha value is -3.93. The zero-order chi connectivity index (χ0) is 30.8. The van der Waals surface area contributed by atoms with Gasteiger partial charge < -0.3 is 4.98 Å². The van der Waals surface area contributed by atoms with E-state index in [1.165, 1.54) is 41.1 Å². The number of benzene rings is 5. The van der Waals surface area contributed by atoms with Gasteiger partial charge in [-0.05, 0) is 37.7 Å². The second kappa shape index (κ2) is 13.8. The van der Waals surface area contributed by atoms with E-state index in [4.69, 9.17) is 4.98 Å². The van der Waals surface area contributed by atoms with Crippen molar-refractivity contribution in [3.8, 4) is 33.6 Å². The molecular weight excluding hydrogens is 817 g/mol. The zero-order valence-corrected chi connectivity index (χ0v) is 31.2. The zero-order valence-electron chi connectivity index (χ0n) is 25.9. The molecule has 3 heterocycles. The molecule has 0 aliphatic rings. The third kappa shape index (κ3) is 6.63. The van der Waals surface area contributed by atoms with Crippen molar-refractivity contribution in [2.45, 2.75) is 17.3 Å². The minimum Gasteiger partial charge on any atom is -0.304 e. The molecule has 5 aromatic carbocycles. The third-order valence-electron chi connectivity index (χ3n) is 8.05. The van der Waals surface area contributed by atoms with Crippen LogP contribution in [0.5, 0.6) is 0 Å². The topological polar surface area (TPSA) is 25.8 Å². The Morgan fingerprint density at radius 3 is 2.07 bits per heavy atom. The maximum atomic E-state index is 4.75. The number of thiophene rings is 1. The molecule has 0 bridgehead atoms. The first-order valence-electron chi connectivity index (χ1n) is 15.2. The van der Waals surface area contributed by atoms with Gasteiger partial charge in [-0.3, -0.25) is 0 Å². The number of pyridine rings is 2. The number of rotatable bonds is 4. The Morgan fingerprint density at radius 1 is 0.587 bits per heavy atom. The van der Waals surface area contributed by atoms with Crippen LogP contribution >= 0.6 is 11.3 Å². The van der Waals surface area contributed by atoms with Crippen LogP contribution in [0, 0.1) is 12.1 Å². The van der Waals surface area contributed by atoms with Gasteiger partial charge in [0.15, 0.2) is 0 Å². The van der Waals surface area contributed by atoms with Gasteiger partial charge in [0.25, 0.3) is 0 Å². The molecule has 0 unspecified atom stereocenters. The number of aromatic nitrogens is 2. The first-order chi connectivity index (χ1) is 22.0. The van der Waals surface area contributed by atoms with Crippen molar-refractivity contribution in [3.63, 3.8) is 0 Å². The summed E-state index contributed by atoms with van der Waals surface area (Å²) in [5.41, 5.74) is 6.66. The van der Waals surface area contributed by atoms with Crippen molar-refractivity contribution >= 4 is 59.9 Å². The van der Waals surface area contributed by atoms with Gasteiger partial charge in [-0.25, -0.2) is 0 Å². The molecule has 0 aliphatic carbocycles. The number of nitrogens with zero attached hydrogens (tertiary/aromatic N) is 2. The molecule has 0 fully saturated rings.